The fraction of sp³-hybridized carbons (Fsp3) is 0.500. The SMILES string of the molecule is CCC(C)C(=O)Nc1cccc(CNC(=NC)NCc2ncc(C(C)(C)C)o2)c1.I. The molecule has 166 valence electrons. The molecule has 2 aromatic rings. The van der Waals surface area contributed by atoms with Crippen LogP contribution in [-0.4, -0.2) is 23.9 Å². The van der Waals surface area contributed by atoms with Crippen LogP contribution in [0.5, 0.6) is 0 Å². The number of benzene rings is 1. The van der Waals surface area contributed by atoms with Gasteiger partial charge in [0, 0.05) is 30.6 Å². The van der Waals surface area contributed by atoms with E-state index in [-0.39, 0.29) is 41.2 Å². The van der Waals surface area contributed by atoms with Gasteiger partial charge in [0.05, 0.1) is 12.7 Å². The largest absolute Gasteiger partial charge is 0.443 e. The number of nitrogens with zero attached hydrogens (tertiary/aromatic N) is 2. The van der Waals surface area contributed by atoms with Gasteiger partial charge in [-0.1, -0.05) is 46.8 Å². The van der Waals surface area contributed by atoms with E-state index < -0.39 is 0 Å². The van der Waals surface area contributed by atoms with Crippen LogP contribution < -0.4 is 16.0 Å². The number of amides is 1. The highest BCUT2D eigenvalue weighted by Gasteiger charge is 2.19. The van der Waals surface area contributed by atoms with Crippen molar-refractivity contribution >= 4 is 41.5 Å². The third-order valence-corrected chi connectivity index (χ3v) is 4.64. The summed E-state index contributed by atoms with van der Waals surface area (Å²) >= 11 is 0. The molecule has 1 amide bonds. The van der Waals surface area contributed by atoms with Crippen LogP contribution in [0.1, 0.15) is 58.3 Å². The molecule has 0 aliphatic carbocycles. The Kier molecular flexibility index (Phi) is 10.3. The standard InChI is InChI=1S/C22H33N5O2.HI/c1-7-15(2)20(28)27-17-10-8-9-16(11-17)12-25-21(23-6)26-14-19-24-13-18(29-19)22(3,4)5;/h8-11,13,15H,7,12,14H2,1-6H3,(H,27,28)(H2,23,25,26);1H. The number of halogens is 1. The average molecular weight is 527 g/mol. The number of hydrogen-bond donors (Lipinski definition) is 3. The van der Waals surface area contributed by atoms with E-state index in [1.807, 2.05) is 38.1 Å². The van der Waals surface area contributed by atoms with E-state index in [1.165, 1.54) is 0 Å². The summed E-state index contributed by atoms with van der Waals surface area (Å²) in [5.41, 5.74) is 1.77. The minimum absolute atomic E-state index is 0. The Labute approximate surface area is 196 Å². The van der Waals surface area contributed by atoms with Crippen molar-refractivity contribution in [3.8, 4) is 0 Å². The number of rotatable bonds is 7. The fourth-order valence-electron chi connectivity index (χ4n) is 2.51. The minimum Gasteiger partial charge on any atom is -0.443 e. The van der Waals surface area contributed by atoms with Crippen molar-refractivity contribution in [3.05, 3.63) is 47.7 Å². The van der Waals surface area contributed by atoms with Crippen LogP contribution in [-0.2, 0) is 23.3 Å². The Morgan fingerprint density at radius 3 is 2.53 bits per heavy atom. The van der Waals surface area contributed by atoms with E-state index in [2.05, 4.69) is 46.7 Å². The molecule has 1 unspecified atom stereocenters. The van der Waals surface area contributed by atoms with Crippen molar-refractivity contribution in [3.63, 3.8) is 0 Å². The summed E-state index contributed by atoms with van der Waals surface area (Å²) in [6, 6.07) is 7.79. The van der Waals surface area contributed by atoms with Crippen LogP contribution in [0, 0.1) is 5.92 Å². The van der Waals surface area contributed by atoms with Gasteiger partial charge >= 0.3 is 0 Å². The smallest absolute Gasteiger partial charge is 0.227 e. The first-order valence-corrected chi connectivity index (χ1v) is 10.0. The van der Waals surface area contributed by atoms with Crippen molar-refractivity contribution < 1.29 is 9.21 Å². The zero-order chi connectivity index (χ0) is 21.4. The number of aromatic nitrogens is 1. The van der Waals surface area contributed by atoms with E-state index in [9.17, 15) is 4.79 Å². The number of carbonyl (C=O) groups excluding carboxylic acids is 1. The molecule has 30 heavy (non-hydrogen) atoms. The van der Waals surface area contributed by atoms with Crippen LogP contribution in [0.2, 0.25) is 0 Å². The number of guanidine groups is 1. The maximum absolute atomic E-state index is 12.1. The highest BCUT2D eigenvalue weighted by Crippen LogP contribution is 2.22. The summed E-state index contributed by atoms with van der Waals surface area (Å²) in [7, 11) is 1.72. The highest BCUT2D eigenvalue weighted by molar-refractivity contribution is 14.0. The molecular weight excluding hydrogens is 493 g/mol. The molecule has 3 N–H and O–H groups in total. The van der Waals surface area contributed by atoms with Gasteiger partial charge in [-0.3, -0.25) is 9.79 Å². The van der Waals surface area contributed by atoms with Crippen LogP contribution in [0.4, 0.5) is 5.69 Å². The van der Waals surface area contributed by atoms with Crippen molar-refractivity contribution in [1.29, 1.82) is 0 Å². The molecule has 0 radical (unpaired) electrons. The number of oxazole rings is 1. The first-order chi connectivity index (χ1) is 13.7. The summed E-state index contributed by atoms with van der Waals surface area (Å²) in [5, 5.41) is 9.43. The Hall–Kier alpha value is -2.10. The molecular formula is C22H34IN5O2. The summed E-state index contributed by atoms with van der Waals surface area (Å²) in [6.45, 7) is 11.2. The van der Waals surface area contributed by atoms with Crippen LogP contribution >= 0.6 is 24.0 Å². The molecule has 8 heteroatoms. The summed E-state index contributed by atoms with van der Waals surface area (Å²) in [5.74, 6) is 2.15. The van der Waals surface area contributed by atoms with Gasteiger partial charge in [-0.2, -0.15) is 0 Å². The molecule has 7 nitrogen and oxygen atoms in total. The molecule has 0 saturated carbocycles. The second kappa shape index (κ2) is 11.9. The predicted molar refractivity (Wildman–Crippen MR) is 132 cm³/mol. The number of carbonyl (C=O) groups is 1. The summed E-state index contributed by atoms with van der Waals surface area (Å²) < 4.78 is 5.79. The van der Waals surface area contributed by atoms with E-state index >= 15 is 0 Å². The number of anilines is 1. The second-order valence-electron chi connectivity index (χ2n) is 8.15. The third-order valence-electron chi connectivity index (χ3n) is 4.64. The zero-order valence-corrected chi connectivity index (χ0v) is 21.0. The molecule has 1 aromatic heterocycles. The quantitative estimate of drug-likeness (QED) is 0.282. The highest BCUT2D eigenvalue weighted by atomic mass is 127. The summed E-state index contributed by atoms with van der Waals surface area (Å²) in [4.78, 5) is 20.6. The van der Waals surface area contributed by atoms with Crippen molar-refractivity contribution in [2.75, 3.05) is 12.4 Å². The zero-order valence-electron chi connectivity index (χ0n) is 18.7. The lowest BCUT2D eigenvalue weighted by molar-refractivity contribution is -0.119. The third kappa shape index (κ3) is 7.97. The van der Waals surface area contributed by atoms with Crippen molar-refractivity contribution in [1.82, 2.24) is 15.6 Å². The summed E-state index contributed by atoms with van der Waals surface area (Å²) in [6.07, 6.45) is 2.59. The average Bonchev–Trinajstić information content (AvgIpc) is 3.17. The predicted octanol–water partition coefficient (Wildman–Crippen LogP) is 4.44. The van der Waals surface area contributed by atoms with Gasteiger partial charge in [-0.25, -0.2) is 4.98 Å². The monoisotopic (exact) mass is 527 g/mol. The van der Waals surface area contributed by atoms with Gasteiger partial charge in [0.25, 0.3) is 0 Å². The molecule has 0 saturated heterocycles. The molecule has 0 fully saturated rings. The van der Waals surface area contributed by atoms with Crippen molar-refractivity contribution in [2.24, 2.45) is 10.9 Å². The molecule has 2 rings (SSSR count). The van der Waals surface area contributed by atoms with E-state index in [0.717, 1.165) is 23.4 Å². The van der Waals surface area contributed by atoms with Gasteiger partial charge in [0.15, 0.2) is 5.96 Å². The molecule has 0 aliphatic heterocycles. The molecule has 0 bridgehead atoms. The first-order valence-electron chi connectivity index (χ1n) is 10.0. The Morgan fingerprint density at radius 2 is 1.93 bits per heavy atom. The Bertz CT molecular complexity index is 842. The lowest BCUT2D eigenvalue weighted by Crippen LogP contribution is -2.36. The Balaban J connectivity index is 0.00000450. The maximum atomic E-state index is 12.1. The lowest BCUT2D eigenvalue weighted by atomic mass is 9.94. The van der Waals surface area contributed by atoms with Crippen LogP contribution in [0.3, 0.4) is 0 Å². The first kappa shape index (κ1) is 25.9. The normalized spacial score (nSPS) is 12.7. The molecule has 1 atom stereocenters. The second-order valence-corrected chi connectivity index (χ2v) is 8.15. The van der Waals surface area contributed by atoms with E-state index in [4.69, 9.17) is 4.42 Å². The topological polar surface area (TPSA) is 91.5 Å². The molecule has 1 aromatic carbocycles. The number of hydrogen-bond acceptors (Lipinski definition) is 4. The molecule has 0 spiro atoms. The fourth-order valence-corrected chi connectivity index (χ4v) is 2.51. The number of aliphatic imine (C=N–C) groups is 1. The molecule has 1 heterocycles. The number of nitrogens with one attached hydrogen (secondary N) is 3. The van der Waals surface area contributed by atoms with E-state index in [1.54, 1.807) is 13.2 Å². The van der Waals surface area contributed by atoms with Crippen LogP contribution in [0.15, 0.2) is 39.9 Å². The Morgan fingerprint density at radius 1 is 1.23 bits per heavy atom. The molecule has 0 aliphatic rings. The van der Waals surface area contributed by atoms with Crippen molar-refractivity contribution in [2.45, 2.75) is 59.5 Å². The van der Waals surface area contributed by atoms with E-state index in [0.29, 0.717) is 24.9 Å². The van der Waals surface area contributed by atoms with Gasteiger partial charge < -0.3 is 20.4 Å². The van der Waals surface area contributed by atoms with Gasteiger partial charge in [-0.15, -0.1) is 24.0 Å². The van der Waals surface area contributed by atoms with Crippen LogP contribution in [0.25, 0.3) is 0 Å². The minimum atomic E-state index is -0.0689. The van der Waals surface area contributed by atoms with Gasteiger partial charge in [0.1, 0.15) is 5.76 Å². The van der Waals surface area contributed by atoms with Gasteiger partial charge in [0.2, 0.25) is 11.8 Å². The lowest BCUT2D eigenvalue weighted by Gasteiger charge is -2.14. The maximum Gasteiger partial charge on any atom is 0.227 e. The van der Waals surface area contributed by atoms with Gasteiger partial charge in [-0.05, 0) is 24.1 Å².